The van der Waals surface area contributed by atoms with E-state index in [4.69, 9.17) is 9.84 Å². The number of benzene rings is 2. The third-order valence-electron chi connectivity index (χ3n) is 6.46. The van der Waals surface area contributed by atoms with Crippen molar-refractivity contribution in [3.05, 3.63) is 82.1 Å². The lowest BCUT2D eigenvalue weighted by Crippen LogP contribution is -2.39. The number of nitrogens with zero attached hydrogens (tertiary/aromatic N) is 4. The number of nitriles is 1. The highest BCUT2D eigenvalue weighted by atomic mass is 16.5. The van der Waals surface area contributed by atoms with Gasteiger partial charge in [0, 0.05) is 36.4 Å². The molecule has 7 heteroatoms. The Hall–Kier alpha value is -4.44. The van der Waals surface area contributed by atoms with Crippen molar-refractivity contribution in [1.29, 1.82) is 5.26 Å². The molecule has 0 N–H and O–H groups in total. The average Bonchev–Trinajstić information content (AvgIpc) is 3.45. The molecule has 1 atom stereocenters. The Balaban J connectivity index is 1.72. The molecule has 0 radical (unpaired) electrons. The fourth-order valence-electron chi connectivity index (χ4n) is 4.64. The second kappa shape index (κ2) is 8.41. The van der Waals surface area contributed by atoms with Crippen LogP contribution in [-0.4, -0.2) is 39.6 Å². The smallest absolute Gasteiger partial charge is 0.271 e. The molecule has 2 aliphatic rings. The number of aromatic nitrogens is 2. The van der Waals surface area contributed by atoms with Crippen LogP contribution in [0.2, 0.25) is 0 Å². The second-order valence-electron chi connectivity index (χ2n) is 8.97. The number of carbonyl (C=O) groups is 2. The monoisotopic (exact) mass is 464 g/mol. The van der Waals surface area contributed by atoms with Crippen LogP contribution in [0.25, 0.3) is 23.0 Å². The van der Waals surface area contributed by atoms with Crippen LogP contribution in [0.4, 0.5) is 0 Å². The molecule has 2 amide bonds. The number of amides is 2. The zero-order valence-corrected chi connectivity index (χ0v) is 20.0. The highest BCUT2D eigenvalue weighted by Crippen LogP contribution is 2.38. The highest BCUT2D eigenvalue weighted by molar-refractivity contribution is 6.19. The normalized spacial score (nSPS) is 18.7. The summed E-state index contributed by atoms with van der Waals surface area (Å²) in [4.78, 5) is 26.4. The van der Waals surface area contributed by atoms with Gasteiger partial charge in [0.1, 0.15) is 23.5 Å². The summed E-state index contributed by atoms with van der Waals surface area (Å²) in [6.45, 7) is 5.70. The molecule has 0 saturated carbocycles. The highest BCUT2D eigenvalue weighted by Gasteiger charge is 2.33. The van der Waals surface area contributed by atoms with Gasteiger partial charge in [0.05, 0.1) is 11.4 Å². The predicted octanol–water partition coefficient (Wildman–Crippen LogP) is 4.39. The van der Waals surface area contributed by atoms with Gasteiger partial charge in [-0.25, -0.2) is 4.68 Å². The summed E-state index contributed by atoms with van der Waals surface area (Å²) >= 11 is 0. The molecule has 2 aliphatic heterocycles. The third-order valence-corrected chi connectivity index (χ3v) is 6.46. The topological polar surface area (TPSA) is 88.2 Å². The first-order valence-electron chi connectivity index (χ1n) is 11.4. The Labute approximate surface area is 203 Å². The van der Waals surface area contributed by atoms with Crippen molar-refractivity contribution in [1.82, 2.24) is 14.7 Å². The standard InChI is InChI=1S/C28H24N4O3/c1-16-10-19(12-20-11-17(2)35-26(16)20)25-21(15-32(30-25)22-8-6-5-7-9-22)13-23-18(3)24(14-29)28(34)31(4)27(23)33/h5-10,12-13,15,17H,11H2,1-4H3/b23-13-. The Morgan fingerprint density at radius 3 is 2.60 bits per heavy atom. The Kier molecular flexibility index (Phi) is 5.37. The summed E-state index contributed by atoms with van der Waals surface area (Å²) in [7, 11) is 1.39. The van der Waals surface area contributed by atoms with Crippen LogP contribution >= 0.6 is 0 Å². The van der Waals surface area contributed by atoms with Crippen molar-refractivity contribution in [2.75, 3.05) is 7.05 Å². The van der Waals surface area contributed by atoms with Gasteiger partial charge in [-0.2, -0.15) is 10.4 Å². The van der Waals surface area contributed by atoms with Crippen LogP contribution in [0.1, 0.15) is 30.5 Å². The van der Waals surface area contributed by atoms with Gasteiger partial charge in [0.15, 0.2) is 0 Å². The Bertz CT molecular complexity index is 1490. The van der Waals surface area contributed by atoms with Crippen molar-refractivity contribution in [3.8, 4) is 28.8 Å². The molecule has 5 rings (SSSR count). The van der Waals surface area contributed by atoms with E-state index in [0.717, 1.165) is 39.4 Å². The quantitative estimate of drug-likeness (QED) is 0.424. The third kappa shape index (κ3) is 3.73. The van der Waals surface area contributed by atoms with Crippen molar-refractivity contribution >= 4 is 17.9 Å². The molecule has 35 heavy (non-hydrogen) atoms. The van der Waals surface area contributed by atoms with E-state index in [-0.39, 0.29) is 11.7 Å². The van der Waals surface area contributed by atoms with E-state index in [1.807, 2.05) is 62.5 Å². The van der Waals surface area contributed by atoms with Crippen LogP contribution in [0.15, 0.2) is 65.4 Å². The fraction of sp³-hybridized carbons (Fsp3) is 0.214. The largest absolute Gasteiger partial charge is 0.490 e. The molecule has 7 nitrogen and oxygen atoms in total. The average molecular weight is 465 g/mol. The molecule has 0 saturated heterocycles. The minimum absolute atomic E-state index is 0.0325. The molecule has 3 heterocycles. The molecule has 0 spiro atoms. The molecule has 2 aromatic carbocycles. The second-order valence-corrected chi connectivity index (χ2v) is 8.97. The molecule has 1 aromatic heterocycles. The van der Waals surface area contributed by atoms with E-state index >= 15 is 0 Å². The Morgan fingerprint density at radius 1 is 1.14 bits per heavy atom. The van der Waals surface area contributed by atoms with Crippen LogP contribution in [0.5, 0.6) is 5.75 Å². The lowest BCUT2D eigenvalue weighted by Gasteiger charge is -2.23. The lowest BCUT2D eigenvalue weighted by molar-refractivity contribution is -0.138. The van der Waals surface area contributed by atoms with Gasteiger partial charge in [-0.05, 0) is 67.8 Å². The van der Waals surface area contributed by atoms with Gasteiger partial charge >= 0.3 is 0 Å². The van der Waals surface area contributed by atoms with Crippen LogP contribution in [-0.2, 0) is 16.0 Å². The minimum atomic E-state index is -0.587. The first-order valence-corrected chi connectivity index (χ1v) is 11.4. The van der Waals surface area contributed by atoms with E-state index in [0.29, 0.717) is 22.4 Å². The van der Waals surface area contributed by atoms with Crippen molar-refractivity contribution in [3.63, 3.8) is 0 Å². The number of rotatable bonds is 3. The molecule has 1 unspecified atom stereocenters. The fourth-order valence-corrected chi connectivity index (χ4v) is 4.64. The number of likely N-dealkylation sites (N-methyl/N-ethyl adjacent to an activating group) is 1. The van der Waals surface area contributed by atoms with Gasteiger partial charge in [0.2, 0.25) is 0 Å². The van der Waals surface area contributed by atoms with Crippen LogP contribution in [0, 0.1) is 18.3 Å². The van der Waals surface area contributed by atoms with Crippen molar-refractivity contribution in [2.24, 2.45) is 0 Å². The zero-order chi connectivity index (χ0) is 24.9. The van der Waals surface area contributed by atoms with Gasteiger partial charge in [-0.3, -0.25) is 14.5 Å². The Morgan fingerprint density at radius 2 is 1.89 bits per heavy atom. The van der Waals surface area contributed by atoms with Crippen molar-refractivity contribution in [2.45, 2.75) is 33.3 Å². The van der Waals surface area contributed by atoms with Gasteiger partial charge in [-0.15, -0.1) is 0 Å². The summed E-state index contributed by atoms with van der Waals surface area (Å²) in [6, 6.07) is 15.8. The summed E-state index contributed by atoms with van der Waals surface area (Å²) < 4.78 is 7.75. The summed E-state index contributed by atoms with van der Waals surface area (Å²) in [5, 5.41) is 14.4. The minimum Gasteiger partial charge on any atom is -0.490 e. The summed E-state index contributed by atoms with van der Waals surface area (Å²) in [6.07, 6.45) is 4.52. The van der Waals surface area contributed by atoms with E-state index in [9.17, 15) is 14.9 Å². The first-order chi connectivity index (χ1) is 16.8. The maximum absolute atomic E-state index is 13.0. The van der Waals surface area contributed by atoms with E-state index in [1.54, 1.807) is 17.7 Å². The predicted molar refractivity (Wildman–Crippen MR) is 132 cm³/mol. The number of para-hydroxylation sites is 1. The van der Waals surface area contributed by atoms with E-state index < -0.39 is 11.8 Å². The number of carbonyl (C=O) groups excluding carboxylic acids is 2. The number of fused-ring (bicyclic) bond motifs is 1. The molecule has 0 bridgehead atoms. The molecule has 3 aromatic rings. The van der Waals surface area contributed by atoms with Gasteiger partial charge < -0.3 is 4.74 Å². The number of hydrogen-bond acceptors (Lipinski definition) is 5. The van der Waals surface area contributed by atoms with Crippen LogP contribution < -0.4 is 4.74 Å². The number of imide groups is 1. The number of ether oxygens (including phenoxy) is 1. The van der Waals surface area contributed by atoms with Gasteiger partial charge in [-0.1, -0.05) is 18.2 Å². The van der Waals surface area contributed by atoms with E-state index in [2.05, 4.69) is 6.07 Å². The zero-order valence-electron chi connectivity index (χ0n) is 20.0. The SMILES string of the molecule is CC1=C(C#N)C(=O)N(C)C(=O)/C1=C\c1cn(-c2ccccc2)nc1-c1cc(C)c2c(c1)CC(C)O2. The maximum atomic E-state index is 13.0. The van der Waals surface area contributed by atoms with Gasteiger partial charge in [0.25, 0.3) is 11.8 Å². The van der Waals surface area contributed by atoms with Crippen LogP contribution in [0.3, 0.4) is 0 Å². The summed E-state index contributed by atoms with van der Waals surface area (Å²) in [5.41, 5.74) is 5.98. The summed E-state index contributed by atoms with van der Waals surface area (Å²) in [5.74, 6) is -0.114. The van der Waals surface area contributed by atoms with Crippen molar-refractivity contribution < 1.29 is 14.3 Å². The van der Waals surface area contributed by atoms with E-state index in [1.165, 1.54) is 7.05 Å². The molecule has 0 fully saturated rings. The molecular weight excluding hydrogens is 440 g/mol. The lowest BCUT2D eigenvalue weighted by atomic mass is 9.93. The number of hydrogen-bond donors (Lipinski definition) is 0. The first kappa shape index (κ1) is 22.4. The number of aryl methyl sites for hydroxylation is 1. The molecule has 174 valence electrons. The molecular formula is C28H24N4O3. The maximum Gasteiger partial charge on any atom is 0.271 e. The molecule has 0 aliphatic carbocycles.